The van der Waals surface area contributed by atoms with Gasteiger partial charge in [-0.1, -0.05) is 27.7 Å². The van der Waals surface area contributed by atoms with Crippen molar-refractivity contribution in [2.75, 3.05) is 13.2 Å². The van der Waals surface area contributed by atoms with Crippen LogP contribution in [-0.4, -0.2) is 92.6 Å². The van der Waals surface area contributed by atoms with Crippen molar-refractivity contribution in [3.8, 4) is 0 Å². The van der Waals surface area contributed by atoms with Gasteiger partial charge in [0.2, 0.25) is 0 Å². The Kier molecular flexibility index (Phi) is 8.63. The molecule has 0 aromatic rings. The van der Waals surface area contributed by atoms with Crippen LogP contribution in [0.2, 0.25) is 0 Å². The van der Waals surface area contributed by atoms with Crippen molar-refractivity contribution in [3.05, 3.63) is 0 Å². The van der Waals surface area contributed by atoms with Gasteiger partial charge in [0, 0.05) is 12.3 Å². The molecule has 0 aromatic carbocycles. The number of ether oxygens (including phenoxy) is 3. The van der Waals surface area contributed by atoms with Gasteiger partial charge in [-0.15, -0.1) is 0 Å². The van der Waals surface area contributed by atoms with Gasteiger partial charge in [0.05, 0.1) is 25.4 Å². The van der Waals surface area contributed by atoms with E-state index in [1.165, 1.54) is 25.7 Å². The highest BCUT2D eigenvalue weighted by atomic mass is 16.7. The molecule has 6 fully saturated rings. The van der Waals surface area contributed by atoms with Crippen LogP contribution in [0.5, 0.6) is 0 Å². The average Bonchev–Trinajstić information content (AvgIpc) is 3.39. The Morgan fingerprint density at radius 1 is 0.905 bits per heavy atom. The summed E-state index contributed by atoms with van der Waals surface area (Å²) >= 11 is 0. The van der Waals surface area contributed by atoms with Gasteiger partial charge in [0.15, 0.2) is 12.1 Å². The molecule has 0 radical (unpaired) electrons. The molecule has 9 nitrogen and oxygen atoms in total. The number of aliphatic hydroxyl groups is 6. The summed E-state index contributed by atoms with van der Waals surface area (Å²) < 4.78 is 17.8. The minimum Gasteiger partial charge on any atom is -0.394 e. The predicted octanol–water partition coefficient (Wildman–Crippen LogP) is 2.57. The van der Waals surface area contributed by atoms with Crippen LogP contribution in [-0.2, 0) is 14.2 Å². The van der Waals surface area contributed by atoms with Crippen molar-refractivity contribution < 1.29 is 44.8 Å². The van der Waals surface area contributed by atoms with Gasteiger partial charge in [0.25, 0.3) is 0 Å². The number of rotatable bonds is 7. The second-order valence-electron chi connectivity index (χ2n) is 15.9. The molecule has 242 valence electrons. The van der Waals surface area contributed by atoms with E-state index in [1.54, 1.807) is 0 Å². The van der Waals surface area contributed by atoms with Gasteiger partial charge in [-0.3, -0.25) is 0 Å². The van der Waals surface area contributed by atoms with E-state index >= 15 is 0 Å². The molecule has 6 N–H and O–H groups in total. The quantitative estimate of drug-likeness (QED) is 0.261. The minimum absolute atomic E-state index is 0.0290. The van der Waals surface area contributed by atoms with Crippen LogP contribution in [0.1, 0.15) is 91.9 Å². The van der Waals surface area contributed by atoms with Crippen molar-refractivity contribution in [2.45, 2.75) is 141 Å². The lowest BCUT2D eigenvalue weighted by molar-refractivity contribution is -0.303. The van der Waals surface area contributed by atoms with E-state index in [0.29, 0.717) is 41.9 Å². The highest BCUT2D eigenvalue weighted by Crippen LogP contribution is 2.70. The van der Waals surface area contributed by atoms with Gasteiger partial charge in [0.1, 0.15) is 24.4 Å². The van der Waals surface area contributed by atoms with Gasteiger partial charge in [-0.2, -0.15) is 0 Å². The third-order valence-electron chi connectivity index (χ3n) is 13.7. The molecule has 1 unspecified atom stereocenters. The molecule has 2 saturated heterocycles. The molecular weight excluding hydrogens is 540 g/mol. The molecule has 9 heteroatoms. The molecule has 42 heavy (non-hydrogen) atoms. The van der Waals surface area contributed by atoms with Gasteiger partial charge in [-0.25, -0.2) is 0 Å². The Balaban J connectivity index is 1.05. The summed E-state index contributed by atoms with van der Waals surface area (Å²) in [5, 5.41) is 61.9. The summed E-state index contributed by atoms with van der Waals surface area (Å²) in [6, 6.07) is 0. The summed E-state index contributed by atoms with van der Waals surface area (Å²) in [6.45, 7) is 8.95. The Morgan fingerprint density at radius 3 is 2.38 bits per heavy atom. The molecule has 6 rings (SSSR count). The van der Waals surface area contributed by atoms with E-state index in [0.717, 1.165) is 31.6 Å². The molecule has 0 bridgehead atoms. The fourth-order valence-electron chi connectivity index (χ4n) is 11.2. The fourth-order valence-corrected chi connectivity index (χ4v) is 11.2. The maximum atomic E-state index is 11.8. The predicted molar refractivity (Wildman–Crippen MR) is 154 cm³/mol. The van der Waals surface area contributed by atoms with Crippen molar-refractivity contribution in [1.29, 1.82) is 0 Å². The first-order chi connectivity index (χ1) is 19.8. The van der Waals surface area contributed by atoms with Crippen LogP contribution < -0.4 is 0 Å². The molecule has 0 aromatic heterocycles. The monoisotopic (exact) mass is 596 g/mol. The van der Waals surface area contributed by atoms with Crippen molar-refractivity contribution >= 4 is 0 Å². The van der Waals surface area contributed by atoms with Crippen LogP contribution >= 0.6 is 0 Å². The van der Waals surface area contributed by atoms with Crippen LogP contribution in [0.3, 0.4) is 0 Å². The summed E-state index contributed by atoms with van der Waals surface area (Å²) in [4.78, 5) is 0. The maximum Gasteiger partial charge on any atom is 0.186 e. The van der Waals surface area contributed by atoms with Crippen LogP contribution in [0, 0.1) is 52.3 Å². The van der Waals surface area contributed by atoms with E-state index in [4.69, 9.17) is 14.2 Å². The Morgan fingerprint density at radius 2 is 1.64 bits per heavy atom. The first-order valence-electron chi connectivity index (χ1n) is 16.8. The summed E-state index contributed by atoms with van der Waals surface area (Å²) in [6.07, 6.45) is 3.76. The van der Waals surface area contributed by atoms with E-state index in [-0.39, 0.29) is 36.1 Å². The molecule has 0 spiro atoms. The molecule has 0 amide bonds. The number of aliphatic hydroxyl groups excluding tert-OH is 5. The summed E-state index contributed by atoms with van der Waals surface area (Å²) in [5.41, 5.74) is 0.521. The standard InChI is InChI=1S/C33H56O9/c1-17(16-40-30-29(38)28(37)27(36)25(15-34)41-30)7-12-33(39)18(2)26-24(42-33)14-23-21-6-5-19-13-20(35)8-10-31(19,3)22(21)9-11-32(23,26)4/h17-30,34-39H,5-16H2,1-4H3/t17-,18-,19+,20-,21+,22-,23-,24-,25+,26-,27+,28-,29+,30+,31-,32-,33?/m0/s1. The van der Waals surface area contributed by atoms with Crippen molar-refractivity contribution in [2.24, 2.45) is 52.3 Å². The topological polar surface area (TPSA) is 149 Å². The van der Waals surface area contributed by atoms with E-state index in [2.05, 4.69) is 20.8 Å². The smallest absolute Gasteiger partial charge is 0.186 e. The number of hydrogen-bond acceptors (Lipinski definition) is 9. The molecule has 2 aliphatic heterocycles. The summed E-state index contributed by atoms with van der Waals surface area (Å²) in [7, 11) is 0. The van der Waals surface area contributed by atoms with E-state index < -0.39 is 43.1 Å². The highest BCUT2D eigenvalue weighted by Gasteiger charge is 2.68. The molecule has 4 aliphatic carbocycles. The Labute approximate surface area is 250 Å². The normalized spacial score (nSPS) is 56.3. The second kappa shape index (κ2) is 11.5. The maximum absolute atomic E-state index is 11.8. The first kappa shape index (κ1) is 31.6. The molecule has 4 saturated carbocycles. The number of hydrogen-bond donors (Lipinski definition) is 6. The molecule has 6 aliphatic rings. The third-order valence-corrected chi connectivity index (χ3v) is 13.7. The van der Waals surface area contributed by atoms with Crippen LogP contribution in [0.25, 0.3) is 0 Å². The zero-order valence-electron chi connectivity index (χ0n) is 26.0. The largest absolute Gasteiger partial charge is 0.394 e. The Bertz CT molecular complexity index is 964. The number of fused-ring (bicyclic) bond motifs is 7. The van der Waals surface area contributed by atoms with Gasteiger partial charge in [-0.05, 0) is 104 Å². The fraction of sp³-hybridized carbons (Fsp3) is 1.00. The minimum atomic E-state index is -1.46. The SMILES string of the molecule is C[C@@H](CCC1(O)O[C@H]2C[C@H]3[C@@H]4CC[C@@H]5C[C@@H](O)CC[C@]5(C)[C@H]4CC[C@]3(C)[C@H]2[C@@H]1C)CO[C@@H]1O[C@H](CO)[C@@H](O)[C@H](O)[C@H]1O. The van der Waals surface area contributed by atoms with Crippen LogP contribution in [0.4, 0.5) is 0 Å². The molecule has 2 heterocycles. The first-order valence-corrected chi connectivity index (χ1v) is 16.8. The zero-order valence-corrected chi connectivity index (χ0v) is 26.0. The van der Waals surface area contributed by atoms with Gasteiger partial charge < -0.3 is 44.8 Å². The van der Waals surface area contributed by atoms with Crippen molar-refractivity contribution in [3.63, 3.8) is 0 Å². The third kappa shape index (κ3) is 5.01. The van der Waals surface area contributed by atoms with E-state index in [9.17, 15) is 30.6 Å². The lowest BCUT2D eigenvalue weighted by Gasteiger charge is -2.61. The van der Waals surface area contributed by atoms with Crippen LogP contribution in [0.15, 0.2) is 0 Å². The van der Waals surface area contributed by atoms with Gasteiger partial charge >= 0.3 is 0 Å². The lowest BCUT2D eigenvalue weighted by Crippen LogP contribution is -2.59. The molecule has 17 atom stereocenters. The Hall–Kier alpha value is -0.360. The average molecular weight is 597 g/mol. The van der Waals surface area contributed by atoms with E-state index in [1.807, 2.05) is 6.92 Å². The second-order valence-corrected chi connectivity index (χ2v) is 15.9. The zero-order chi connectivity index (χ0) is 30.2. The molecular formula is C33H56O9. The summed E-state index contributed by atoms with van der Waals surface area (Å²) in [5.74, 6) is 1.96. The lowest BCUT2D eigenvalue weighted by atomic mass is 9.44. The highest BCUT2D eigenvalue weighted by molar-refractivity contribution is 5.15. The van der Waals surface area contributed by atoms with Crippen molar-refractivity contribution in [1.82, 2.24) is 0 Å².